The number of halogens is 2. The van der Waals surface area contributed by atoms with Gasteiger partial charge in [-0.2, -0.15) is 0 Å². The Kier molecular flexibility index (Phi) is 3.85. The van der Waals surface area contributed by atoms with Crippen LogP contribution in [-0.2, 0) is 4.79 Å². The van der Waals surface area contributed by atoms with Crippen LogP contribution in [0.2, 0.25) is 5.02 Å². The fraction of sp³-hybridized carbons (Fsp3) is 0.385. The van der Waals surface area contributed by atoms with Crippen molar-refractivity contribution in [3.8, 4) is 0 Å². The number of carboxylic acid groups (broad SMARTS) is 1. The Morgan fingerprint density at radius 3 is 2.60 bits per heavy atom. The molecule has 7 heteroatoms. The average molecular weight is 301 g/mol. The van der Waals surface area contributed by atoms with E-state index in [0.29, 0.717) is 0 Å². The lowest BCUT2D eigenvalue weighted by atomic mass is 9.96. The molecule has 1 fully saturated rings. The number of nitrogens with one attached hydrogen (secondary N) is 2. The van der Waals surface area contributed by atoms with Gasteiger partial charge < -0.3 is 15.7 Å². The minimum atomic E-state index is -1.31. The summed E-state index contributed by atoms with van der Waals surface area (Å²) in [4.78, 5) is 23.1. The molecule has 3 N–H and O–H groups in total. The van der Waals surface area contributed by atoms with Crippen molar-refractivity contribution in [2.45, 2.75) is 25.3 Å². The van der Waals surface area contributed by atoms with Crippen LogP contribution in [0.15, 0.2) is 18.2 Å². The van der Waals surface area contributed by atoms with Crippen molar-refractivity contribution in [1.82, 2.24) is 5.32 Å². The van der Waals surface area contributed by atoms with Crippen LogP contribution in [-0.4, -0.2) is 22.6 Å². The predicted molar refractivity (Wildman–Crippen MR) is 72.3 cm³/mol. The molecule has 1 atom stereocenters. The minimum Gasteiger partial charge on any atom is -0.480 e. The second kappa shape index (κ2) is 5.28. The van der Waals surface area contributed by atoms with Gasteiger partial charge >= 0.3 is 12.0 Å². The number of hydrogen-bond acceptors (Lipinski definition) is 2. The Hall–Kier alpha value is -1.82. The third-order valence-corrected chi connectivity index (χ3v) is 3.70. The summed E-state index contributed by atoms with van der Waals surface area (Å²) < 4.78 is 12.9. The maximum atomic E-state index is 12.9. The maximum absolute atomic E-state index is 12.9. The molecule has 108 valence electrons. The van der Waals surface area contributed by atoms with Gasteiger partial charge in [-0.05, 0) is 43.9 Å². The van der Waals surface area contributed by atoms with E-state index in [1.165, 1.54) is 13.0 Å². The number of carbonyl (C=O) groups excluding carboxylic acids is 1. The molecule has 5 nitrogen and oxygen atoms in total. The summed E-state index contributed by atoms with van der Waals surface area (Å²) in [5.74, 6) is -1.68. The van der Waals surface area contributed by atoms with Gasteiger partial charge in [0.1, 0.15) is 11.4 Å². The molecule has 0 aliphatic heterocycles. The van der Waals surface area contributed by atoms with Crippen molar-refractivity contribution in [3.05, 3.63) is 29.0 Å². The number of hydrogen-bond donors (Lipinski definition) is 3. The lowest BCUT2D eigenvalue weighted by Crippen LogP contribution is -2.55. The van der Waals surface area contributed by atoms with Gasteiger partial charge in [-0.25, -0.2) is 14.0 Å². The molecule has 0 spiro atoms. The molecule has 1 unspecified atom stereocenters. The van der Waals surface area contributed by atoms with Gasteiger partial charge in [-0.3, -0.25) is 0 Å². The van der Waals surface area contributed by atoms with E-state index in [9.17, 15) is 19.1 Å². The number of carboxylic acids is 1. The SMILES string of the molecule is CC(NC(=O)Nc1ccc(F)cc1Cl)(C(=O)O)C1CC1. The lowest BCUT2D eigenvalue weighted by molar-refractivity contribution is -0.144. The molecule has 20 heavy (non-hydrogen) atoms. The lowest BCUT2D eigenvalue weighted by Gasteiger charge is -2.26. The summed E-state index contributed by atoms with van der Waals surface area (Å²) in [7, 11) is 0. The number of benzene rings is 1. The van der Waals surface area contributed by atoms with E-state index >= 15 is 0 Å². The standard InChI is InChI=1S/C13H14ClFN2O3/c1-13(11(18)19,7-2-3-7)17-12(20)16-10-5-4-8(15)6-9(10)14/h4-7H,2-3H2,1H3,(H,18,19)(H2,16,17,20). The van der Waals surface area contributed by atoms with Gasteiger partial charge in [0.2, 0.25) is 0 Å². The first-order chi connectivity index (χ1) is 9.33. The van der Waals surface area contributed by atoms with Gasteiger partial charge in [0.15, 0.2) is 0 Å². The third-order valence-electron chi connectivity index (χ3n) is 3.39. The fourth-order valence-corrected chi connectivity index (χ4v) is 2.19. The molecular formula is C13H14ClFN2O3. The zero-order chi connectivity index (χ0) is 14.9. The summed E-state index contributed by atoms with van der Waals surface area (Å²) in [5.41, 5.74) is -1.09. The number of aliphatic carboxylic acids is 1. The highest BCUT2D eigenvalue weighted by Crippen LogP contribution is 2.39. The third kappa shape index (κ3) is 3.01. The van der Waals surface area contributed by atoms with Crippen molar-refractivity contribution in [2.75, 3.05) is 5.32 Å². The smallest absolute Gasteiger partial charge is 0.329 e. The van der Waals surface area contributed by atoms with Gasteiger partial charge in [-0.1, -0.05) is 11.6 Å². The molecule has 1 aromatic carbocycles. The Morgan fingerprint density at radius 2 is 2.10 bits per heavy atom. The molecule has 2 amide bonds. The van der Waals surface area contributed by atoms with Crippen molar-refractivity contribution < 1.29 is 19.1 Å². The molecule has 1 saturated carbocycles. The van der Waals surface area contributed by atoms with Crippen LogP contribution in [0, 0.1) is 11.7 Å². The van der Waals surface area contributed by atoms with Crippen LogP contribution < -0.4 is 10.6 Å². The van der Waals surface area contributed by atoms with Crippen LogP contribution in [0.25, 0.3) is 0 Å². The number of carbonyl (C=O) groups is 2. The van der Waals surface area contributed by atoms with Crippen LogP contribution in [0.4, 0.5) is 14.9 Å². The van der Waals surface area contributed by atoms with Crippen LogP contribution in [0.3, 0.4) is 0 Å². The van der Waals surface area contributed by atoms with Crippen LogP contribution in [0.5, 0.6) is 0 Å². The van der Waals surface area contributed by atoms with Crippen molar-refractivity contribution in [3.63, 3.8) is 0 Å². The first kappa shape index (κ1) is 14.6. The largest absolute Gasteiger partial charge is 0.480 e. The summed E-state index contributed by atoms with van der Waals surface area (Å²) in [5, 5.41) is 14.1. The number of anilines is 1. The number of amides is 2. The highest BCUT2D eigenvalue weighted by molar-refractivity contribution is 6.33. The summed E-state index contributed by atoms with van der Waals surface area (Å²) in [6, 6.07) is 2.84. The first-order valence-electron chi connectivity index (χ1n) is 6.10. The predicted octanol–water partition coefficient (Wildman–Crippen LogP) is 2.85. The maximum Gasteiger partial charge on any atom is 0.329 e. The van der Waals surface area contributed by atoms with E-state index in [2.05, 4.69) is 10.6 Å². The molecule has 1 aromatic rings. The second-order valence-corrected chi connectivity index (χ2v) is 5.39. The number of urea groups is 1. The highest BCUT2D eigenvalue weighted by Gasteiger charge is 2.48. The topological polar surface area (TPSA) is 78.4 Å². The summed E-state index contributed by atoms with van der Waals surface area (Å²) in [6.07, 6.45) is 1.53. The van der Waals surface area contributed by atoms with Gasteiger partial charge in [0.05, 0.1) is 10.7 Å². The molecule has 0 radical (unpaired) electrons. The Labute approximate surface area is 120 Å². The van der Waals surface area contributed by atoms with Crippen molar-refractivity contribution >= 4 is 29.3 Å². The van der Waals surface area contributed by atoms with Gasteiger partial charge in [0, 0.05) is 0 Å². The normalized spacial score (nSPS) is 17.1. The molecular weight excluding hydrogens is 287 g/mol. The van der Waals surface area contributed by atoms with E-state index in [0.717, 1.165) is 25.0 Å². The van der Waals surface area contributed by atoms with Crippen molar-refractivity contribution in [1.29, 1.82) is 0 Å². The van der Waals surface area contributed by atoms with Crippen molar-refractivity contribution in [2.24, 2.45) is 5.92 Å². The quantitative estimate of drug-likeness (QED) is 0.800. The van der Waals surface area contributed by atoms with E-state index in [1.54, 1.807) is 0 Å². The monoisotopic (exact) mass is 300 g/mol. The van der Waals surface area contributed by atoms with E-state index in [-0.39, 0.29) is 16.6 Å². The fourth-order valence-electron chi connectivity index (χ4n) is 1.97. The molecule has 2 rings (SSSR count). The summed E-state index contributed by atoms with van der Waals surface area (Å²) >= 11 is 5.78. The zero-order valence-corrected chi connectivity index (χ0v) is 11.5. The second-order valence-electron chi connectivity index (χ2n) is 4.99. The summed E-state index contributed by atoms with van der Waals surface area (Å²) in [6.45, 7) is 1.47. The van der Waals surface area contributed by atoms with E-state index in [4.69, 9.17) is 11.6 Å². The van der Waals surface area contributed by atoms with Gasteiger partial charge in [0.25, 0.3) is 0 Å². The highest BCUT2D eigenvalue weighted by atomic mass is 35.5. The minimum absolute atomic E-state index is 0.0450. The average Bonchev–Trinajstić information content (AvgIpc) is 3.16. The Bertz CT molecular complexity index is 563. The molecule has 0 saturated heterocycles. The number of rotatable bonds is 4. The van der Waals surface area contributed by atoms with Crippen LogP contribution in [0.1, 0.15) is 19.8 Å². The molecule has 1 aliphatic rings. The molecule has 0 heterocycles. The van der Waals surface area contributed by atoms with Crippen LogP contribution >= 0.6 is 11.6 Å². The zero-order valence-electron chi connectivity index (χ0n) is 10.7. The first-order valence-corrected chi connectivity index (χ1v) is 6.48. The Balaban J connectivity index is 2.06. The Morgan fingerprint density at radius 1 is 1.45 bits per heavy atom. The van der Waals surface area contributed by atoms with Gasteiger partial charge in [-0.15, -0.1) is 0 Å². The van der Waals surface area contributed by atoms with E-state index < -0.39 is 23.4 Å². The van der Waals surface area contributed by atoms with E-state index in [1.807, 2.05) is 0 Å². The molecule has 0 bridgehead atoms. The molecule has 0 aromatic heterocycles. The molecule has 1 aliphatic carbocycles.